The van der Waals surface area contributed by atoms with Crippen molar-refractivity contribution in [3.8, 4) is 0 Å². The number of aliphatic imine (C=N–C) groups is 1. The first-order chi connectivity index (χ1) is 12.7. The second-order valence-corrected chi connectivity index (χ2v) is 6.65. The number of hydrogen-bond acceptors (Lipinski definition) is 4. The molecule has 26 heavy (non-hydrogen) atoms. The molecule has 1 heterocycles. The van der Waals surface area contributed by atoms with E-state index in [4.69, 9.17) is 17.0 Å². The van der Waals surface area contributed by atoms with Crippen LogP contribution in [0.3, 0.4) is 0 Å². The molecule has 0 radical (unpaired) electrons. The standard InChI is InChI=1S/C21H23N3OS/c1-15-7-6-10-19(17(15)11-12-22-2)24-21(26)25-20-14-23-13-18(20)16-8-4-3-5-9-16/h3-12,18,20,23H,2,13-14H2,1H3,(H,24,26)/b12-11-. The maximum atomic E-state index is 6.08. The first kappa shape index (κ1) is 18.3. The fraction of sp³-hybridized carbons (Fsp3) is 0.238. The van der Waals surface area contributed by atoms with Crippen LogP contribution >= 0.6 is 12.2 Å². The topological polar surface area (TPSA) is 45.7 Å². The lowest BCUT2D eigenvalue weighted by atomic mass is 9.96. The zero-order chi connectivity index (χ0) is 18.4. The lowest BCUT2D eigenvalue weighted by Crippen LogP contribution is -2.27. The van der Waals surface area contributed by atoms with Crippen LogP contribution in [-0.2, 0) is 4.74 Å². The average molecular weight is 366 g/mol. The van der Waals surface area contributed by atoms with Crippen molar-refractivity contribution in [2.75, 3.05) is 18.4 Å². The van der Waals surface area contributed by atoms with Crippen LogP contribution in [0.5, 0.6) is 0 Å². The zero-order valence-electron chi connectivity index (χ0n) is 14.8. The van der Waals surface area contributed by atoms with Crippen LogP contribution in [0, 0.1) is 6.92 Å². The van der Waals surface area contributed by atoms with E-state index in [0.29, 0.717) is 5.17 Å². The van der Waals surface area contributed by atoms with Crippen LogP contribution in [0.15, 0.2) is 59.7 Å². The van der Waals surface area contributed by atoms with E-state index >= 15 is 0 Å². The summed E-state index contributed by atoms with van der Waals surface area (Å²) >= 11 is 5.47. The number of thiocarbonyl (C=S) groups is 1. The van der Waals surface area contributed by atoms with E-state index in [9.17, 15) is 0 Å². The number of nitrogens with zero attached hydrogens (tertiary/aromatic N) is 1. The lowest BCUT2D eigenvalue weighted by Gasteiger charge is -2.22. The van der Waals surface area contributed by atoms with Crippen molar-refractivity contribution in [3.05, 3.63) is 71.4 Å². The molecule has 3 rings (SSSR count). The minimum Gasteiger partial charge on any atom is -0.465 e. The monoisotopic (exact) mass is 365 g/mol. The van der Waals surface area contributed by atoms with Gasteiger partial charge in [-0.05, 0) is 49.1 Å². The second-order valence-electron chi connectivity index (χ2n) is 6.28. The van der Waals surface area contributed by atoms with Gasteiger partial charge in [0.1, 0.15) is 6.10 Å². The van der Waals surface area contributed by atoms with Gasteiger partial charge in [0.25, 0.3) is 5.17 Å². The quantitative estimate of drug-likeness (QED) is 0.618. The van der Waals surface area contributed by atoms with Gasteiger partial charge < -0.3 is 15.4 Å². The molecule has 0 bridgehead atoms. The maximum Gasteiger partial charge on any atom is 0.261 e. The molecular formula is C21H23N3OS. The van der Waals surface area contributed by atoms with Gasteiger partial charge in [-0.1, -0.05) is 42.5 Å². The van der Waals surface area contributed by atoms with Crippen molar-refractivity contribution in [3.63, 3.8) is 0 Å². The summed E-state index contributed by atoms with van der Waals surface area (Å²) < 4.78 is 6.08. The Kier molecular flexibility index (Phi) is 6.15. The third-order valence-corrected chi connectivity index (χ3v) is 4.75. The Morgan fingerprint density at radius 3 is 2.81 bits per heavy atom. The first-order valence-corrected chi connectivity index (χ1v) is 9.05. The van der Waals surface area contributed by atoms with Crippen LogP contribution in [0.1, 0.15) is 22.6 Å². The summed E-state index contributed by atoms with van der Waals surface area (Å²) in [5, 5.41) is 7.00. The number of benzene rings is 2. The molecule has 1 aliphatic heterocycles. The SMILES string of the molecule is C=N/C=C\c1c(C)cccc1NC(=S)OC1CNCC1c1ccccc1. The average Bonchev–Trinajstić information content (AvgIpc) is 3.10. The Morgan fingerprint density at radius 2 is 2.04 bits per heavy atom. The molecule has 134 valence electrons. The minimum absolute atomic E-state index is 0.0102. The smallest absolute Gasteiger partial charge is 0.261 e. The second kappa shape index (κ2) is 8.74. The highest BCUT2D eigenvalue weighted by Crippen LogP contribution is 2.26. The van der Waals surface area contributed by atoms with Crippen molar-refractivity contribution >= 4 is 35.9 Å². The van der Waals surface area contributed by atoms with Crippen LogP contribution in [-0.4, -0.2) is 31.1 Å². The zero-order valence-corrected chi connectivity index (χ0v) is 15.6. The summed E-state index contributed by atoms with van der Waals surface area (Å²) in [6.45, 7) is 7.20. The van der Waals surface area contributed by atoms with Gasteiger partial charge in [-0.25, -0.2) is 0 Å². The van der Waals surface area contributed by atoms with Gasteiger partial charge in [0, 0.05) is 36.5 Å². The van der Waals surface area contributed by atoms with E-state index in [2.05, 4.69) is 46.6 Å². The molecule has 5 heteroatoms. The highest BCUT2D eigenvalue weighted by Gasteiger charge is 2.30. The molecular weight excluding hydrogens is 342 g/mol. The highest BCUT2D eigenvalue weighted by atomic mass is 32.1. The Labute approximate surface area is 160 Å². The molecule has 2 aromatic rings. The van der Waals surface area contributed by atoms with E-state index in [1.807, 2.05) is 37.3 Å². The van der Waals surface area contributed by atoms with Gasteiger partial charge in [0.05, 0.1) is 0 Å². The largest absolute Gasteiger partial charge is 0.465 e. The normalized spacial score (nSPS) is 19.4. The van der Waals surface area contributed by atoms with Gasteiger partial charge in [-0.2, -0.15) is 0 Å². The van der Waals surface area contributed by atoms with Crippen LogP contribution in [0.4, 0.5) is 5.69 Å². The van der Waals surface area contributed by atoms with Gasteiger partial charge in [-0.15, -0.1) is 0 Å². The molecule has 1 aliphatic rings. The molecule has 2 unspecified atom stereocenters. The summed E-state index contributed by atoms with van der Waals surface area (Å²) in [5.74, 6) is 0.290. The third kappa shape index (κ3) is 4.36. The van der Waals surface area contributed by atoms with Crippen LogP contribution < -0.4 is 10.6 Å². The van der Waals surface area contributed by atoms with E-state index < -0.39 is 0 Å². The first-order valence-electron chi connectivity index (χ1n) is 8.64. The number of aryl methyl sites for hydroxylation is 1. The molecule has 0 aromatic heterocycles. The lowest BCUT2D eigenvalue weighted by molar-refractivity contribution is 0.196. The van der Waals surface area contributed by atoms with E-state index in [-0.39, 0.29) is 12.0 Å². The van der Waals surface area contributed by atoms with Gasteiger partial charge in [0.15, 0.2) is 0 Å². The molecule has 2 aromatic carbocycles. The van der Waals surface area contributed by atoms with Crippen molar-refractivity contribution in [2.24, 2.45) is 4.99 Å². The maximum absolute atomic E-state index is 6.08. The molecule has 1 saturated heterocycles. The number of ether oxygens (including phenoxy) is 1. The van der Waals surface area contributed by atoms with Crippen LogP contribution in [0.2, 0.25) is 0 Å². The van der Waals surface area contributed by atoms with E-state index in [1.54, 1.807) is 6.20 Å². The van der Waals surface area contributed by atoms with E-state index in [1.165, 1.54) is 5.56 Å². The molecule has 0 spiro atoms. The van der Waals surface area contributed by atoms with Crippen LogP contribution in [0.25, 0.3) is 6.08 Å². The van der Waals surface area contributed by atoms with Crippen molar-refractivity contribution in [2.45, 2.75) is 18.9 Å². The Hall–Kier alpha value is -2.50. The molecule has 0 saturated carbocycles. The predicted molar refractivity (Wildman–Crippen MR) is 113 cm³/mol. The van der Waals surface area contributed by atoms with Gasteiger partial charge in [-0.3, -0.25) is 4.99 Å². The number of rotatable bonds is 5. The number of nitrogens with one attached hydrogen (secondary N) is 2. The minimum atomic E-state index is 0.0102. The Bertz CT molecular complexity index is 804. The van der Waals surface area contributed by atoms with Gasteiger partial charge >= 0.3 is 0 Å². The van der Waals surface area contributed by atoms with Crippen molar-refractivity contribution in [1.29, 1.82) is 0 Å². The summed E-state index contributed by atoms with van der Waals surface area (Å²) in [7, 11) is 0. The summed E-state index contributed by atoms with van der Waals surface area (Å²) in [4.78, 5) is 3.79. The Balaban J connectivity index is 1.70. The summed E-state index contributed by atoms with van der Waals surface area (Å²) in [6, 6.07) is 16.4. The Morgan fingerprint density at radius 1 is 1.23 bits per heavy atom. The molecule has 2 atom stereocenters. The molecule has 0 aliphatic carbocycles. The molecule has 1 fully saturated rings. The molecule has 4 nitrogen and oxygen atoms in total. The van der Waals surface area contributed by atoms with E-state index in [0.717, 1.165) is 29.9 Å². The van der Waals surface area contributed by atoms with Crippen molar-refractivity contribution in [1.82, 2.24) is 5.32 Å². The van der Waals surface area contributed by atoms with Gasteiger partial charge in [0.2, 0.25) is 0 Å². The molecule has 0 amide bonds. The predicted octanol–water partition coefficient (Wildman–Crippen LogP) is 4.14. The number of anilines is 1. The van der Waals surface area contributed by atoms with Crippen molar-refractivity contribution < 1.29 is 4.74 Å². The fourth-order valence-corrected chi connectivity index (χ4v) is 3.46. The third-order valence-electron chi connectivity index (χ3n) is 4.55. The summed E-state index contributed by atoms with van der Waals surface area (Å²) in [6.07, 6.45) is 3.59. The highest BCUT2D eigenvalue weighted by molar-refractivity contribution is 7.80. The fourth-order valence-electron chi connectivity index (χ4n) is 3.23. The number of hydrogen-bond donors (Lipinski definition) is 2. The summed E-state index contributed by atoms with van der Waals surface area (Å²) in [5.41, 5.74) is 4.32. The molecule has 2 N–H and O–H groups in total.